The van der Waals surface area contributed by atoms with Crippen molar-refractivity contribution in [1.82, 2.24) is 5.32 Å². The summed E-state index contributed by atoms with van der Waals surface area (Å²) in [5, 5.41) is 14.0. The van der Waals surface area contributed by atoms with Gasteiger partial charge in [-0.05, 0) is 82.5 Å². The van der Waals surface area contributed by atoms with Crippen molar-refractivity contribution in [2.24, 2.45) is 0 Å². The van der Waals surface area contributed by atoms with Gasteiger partial charge in [0.15, 0.2) is 0 Å². The highest BCUT2D eigenvalue weighted by Crippen LogP contribution is 2.45. The van der Waals surface area contributed by atoms with Crippen LogP contribution in [0.5, 0.6) is 11.5 Å². The third-order valence-electron chi connectivity index (χ3n) is 9.24. The lowest BCUT2D eigenvalue weighted by Gasteiger charge is -2.36. The highest BCUT2D eigenvalue weighted by molar-refractivity contribution is 5.79. The Labute approximate surface area is 288 Å². The van der Waals surface area contributed by atoms with Crippen LogP contribution in [0.2, 0.25) is 0 Å². The zero-order chi connectivity index (χ0) is 34.1. The van der Waals surface area contributed by atoms with Crippen LogP contribution in [0.1, 0.15) is 53.0 Å². The van der Waals surface area contributed by atoms with Crippen molar-refractivity contribution in [1.29, 1.82) is 0 Å². The number of benzene rings is 5. The van der Waals surface area contributed by atoms with E-state index in [1.807, 2.05) is 103 Å². The minimum atomic E-state index is -0.994. The molecule has 1 amide bonds. The number of hydrogen-bond donors (Lipinski definition) is 2. The second-order valence-electron chi connectivity index (χ2n) is 12.2. The fourth-order valence-electron chi connectivity index (χ4n) is 6.72. The summed E-state index contributed by atoms with van der Waals surface area (Å²) in [6.07, 6.45) is 0.772. The molecule has 7 heteroatoms. The van der Waals surface area contributed by atoms with E-state index in [0.29, 0.717) is 25.8 Å². The first-order valence-electron chi connectivity index (χ1n) is 16.8. The number of unbranched alkanes of at least 4 members (excludes halogenated alkanes) is 1. The van der Waals surface area contributed by atoms with Crippen LogP contribution < -0.4 is 14.8 Å². The minimum Gasteiger partial charge on any atom is -0.497 e. The van der Waals surface area contributed by atoms with Crippen molar-refractivity contribution in [3.05, 3.63) is 155 Å². The summed E-state index contributed by atoms with van der Waals surface area (Å²) < 4.78 is 23.3. The zero-order valence-electron chi connectivity index (χ0n) is 28.0. The second kappa shape index (κ2) is 15.9. The third kappa shape index (κ3) is 7.48. The maximum absolute atomic E-state index is 12.6. The number of aliphatic hydroxyl groups is 1. The number of hydrogen-bond acceptors (Lipinski definition) is 6. The highest BCUT2D eigenvalue weighted by Gasteiger charge is 2.38. The van der Waals surface area contributed by atoms with Crippen LogP contribution in [0, 0.1) is 0 Å². The van der Waals surface area contributed by atoms with Crippen LogP contribution in [0.3, 0.4) is 0 Å². The lowest BCUT2D eigenvalue weighted by atomic mass is 9.80. The molecular formula is C42H43NO6. The molecule has 1 unspecified atom stereocenters. The summed E-state index contributed by atoms with van der Waals surface area (Å²) in [6, 6.07) is 42.3. The van der Waals surface area contributed by atoms with Crippen molar-refractivity contribution in [3.8, 4) is 22.6 Å². The molecule has 7 nitrogen and oxygen atoms in total. The number of ether oxygens (including phenoxy) is 4. The van der Waals surface area contributed by atoms with Gasteiger partial charge in [0.25, 0.3) is 0 Å². The molecule has 0 saturated carbocycles. The van der Waals surface area contributed by atoms with Crippen molar-refractivity contribution in [2.45, 2.75) is 36.9 Å². The van der Waals surface area contributed by atoms with Crippen LogP contribution in [0.4, 0.5) is 4.79 Å². The Kier molecular flexibility index (Phi) is 10.9. The zero-order valence-corrected chi connectivity index (χ0v) is 28.0. The number of amides is 1. The first kappa shape index (κ1) is 33.8. The summed E-state index contributed by atoms with van der Waals surface area (Å²) in [6.45, 7) is 0.837. The molecule has 1 aliphatic carbocycles. The standard InChI is InChI=1S/C42H43NO6/c1-46-34-23-19-31(20-24-34)42(30-12-4-3-5-13-30,32-21-25-35(47-2)26-22-32)49-28-33(44)14-10-11-27-43-41(45)48-29-40-38-17-8-6-15-36(38)37-16-7-9-18-39(37)40/h3-9,12-13,15-26,33,40,44H,10-11,14,27-29H2,1-2H3,(H,43,45). The van der Waals surface area contributed by atoms with Gasteiger partial charge in [0.1, 0.15) is 23.7 Å². The van der Waals surface area contributed by atoms with Crippen LogP contribution in [-0.2, 0) is 15.1 Å². The van der Waals surface area contributed by atoms with E-state index in [9.17, 15) is 9.90 Å². The van der Waals surface area contributed by atoms with Gasteiger partial charge in [-0.1, -0.05) is 103 Å². The first-order valence-corrected chi connectivity index (χ1v) is 16.8. The summed E-state index contributed by atoms with van der Waals surface area (Å²) in [5.41, 5.74) is 6.52. The van der Waals surface area contributed by atoms with Gasteiger partial charge in [0, 0.05) is 12.5 Å². The Morgan fingerprint density at radius 2 is 1.20 bits per heavy atom. The molecule has 5 aromatic rings. The molecule has 49 heavy (non-hydrogen) atoms. The molecule has 5 aromatic carbocycles. The smallest absolute Gasteiger partial charge is 0.407 e. The fourth-order valence-corrected chi connectivity index (χ4v) is 6.72. The molecule has 1 atom stereocenters. The molecular weight excluding hydrogens is 614 g/mol. The van der Waals surface area contributed by atoms with E-state index in [0.717, 1.165) is 28.2 Å². The molecule has 0 aromatic heterocycles. The van der Waals surface area contributed by atoms with Crippen molar-refractivity contribution >= 4 is 6.09 Å². The Morgan fingerprint density at radius 1 is 0.694 bits per heavy atom. The quantitative estimate of drug-likeness (QED) is 0.0875. The lowest BCUT2D eigenvalue weighted by molar-refractivity contribution is -0.0405. The summed E-state index contributed by atoms with van der Waals surface area (Å²) in [7, 11) is 3.28. The number of methoxy groups -OCH3 is 2. The second-order valence-corrected chi connectivity index (χ2v) is 12.2. The molecule has 1 aliphatic rings. The van der Waals surface area contributed by atoms with Gasteiger partial charge in [-0.25, -0.2) is 4.79 Å². The lowest BCUT2D eigenvalue weighted by Crippen LogP contribution is -2.35. The average Bonchev–Trinajstić information content (AvgIpc) is 3.48. The van der Waals surface area contributed by atoms with Gasteiger partial charge in [0.2, 0.25) is 0 Å². The van der Waals surface area contributed by atoms with Crippen molar-refractivity contribution in [3.63, 3.8) is 0 Å². The summed E-state index contributed by atoms with van der Waals surface area (Å²) in [4.78, 5) is 12.6. The molecule has 0 heterocycles. The van der Waals surface area contributed by atoms with E-state index >= 15 is 0 Å². The molecule has 2 N–H and O–H groups in total. The number of rotatable bonds is 15. The Bertz CT molecular complexity index is 1710. The third-order valence-corrected chi connectivity index (χ3v) is 9.24. The van der Waals surface area contributed by atoms with Crippen LogP contribution >= 0.6 is 0 Å². The maximum Gasteiger partial charge on any atom is 0.407 e. The SMILES string of the molecule is COc1ccc(C(OCC(O)CCCCNC(=O)OCC2c3ccccc3-c3ccccc32)(c2ccccc2)c2ccc(OC)cc2)cc1. The normalized spacial score (nSPS) is 12.9. The van der Waals surface area contributed by atoms with Gasteiger partial charge in [-0.15, -0.1) is 0 Å². The number of carbonyl (C=O) groups excluding carboxylic acids is 1. The molecule has 0 spiro atoms. The fraction of sp³-hybridized carbons (Fsp3) is 0.262. The predicted octanol–water partition coefficient (Wildman–Crippen LogP) is 8.08. The minimum absolute atomic E-state index is 0.0205. The monoisotopic (exact) mass is 657 g/mol. The first-order chi connectivity index (χ1) is 24.0. The molecule has 0 radical (unpaired) electrons. The van der Waals surface area contributed by atoms with E-state index in [-0.39, 0.29) is 19.1 Å². The van der Waals surface area contributed by atoms with Gasteiger partial charge in [0.05, 0.1) is 26.9 Å². The Morgan fingerprint density at radius 3 is 1.76 bits per heavy atom. The number of carbonyl (C=O) groups is 1. The summed E-state index contributed by atoms with van der Waals surface area (Å²) >= 11 is 0. The Hall–Kier alpha value is -5.11. The number of alkyl carbamates (subject to hydrolysis) is 1. The van der Waals surface area contributed by atoms with Crippen LogP contribution in [-0.4, -0.2) is 51.3 Å². The van der Waals surface area contributed by atoms with Gasteiger partial charge >= 0.3 is 6.09 Å². The maximum atomic E-state index is 12.6. The largest absolute Gasteiger partial charge is 0.497 e. The Balaban J connectivity index is 1.04. The molecule has 0 aliphatic heterocycles. The number of nitrogens with one attached hydrogen (secondary N) is 1. The van der Waals surface area contributed by atoms with Gasteiger partial charge < -0.3 is 29.4 Å². The molecule has 252 valence electrons. The van der Waals surface area contributed by atoms with Crippen molar-refractivity contribution < 1.29 is 28.8 Å². The molecule has 0 bridgehead atoms. The molecule has 0 saturated heterocycles. The van der Waals surface area contributed by atoms with Crippen LogP contribution in [0.25, 0.3) is 11.1 Å². The van der Waals surface area contributed by atoms with E-state index in [1.165, 1.54) is 22.3 Å². The highest BCUT2D eigenvalue weighted by atomic mass is 16.5. The van der Waals surface area contributed by atoms with Crippen LogP contribution in [0.15, 0.2) is 127 Å². The number of fused-ring (bicyclic) bond motifs is 3. The summed E-state index contributed by atoms with van der Waals surface area (Å²) in [5.74, 6) is 1.51. The number of aliphatic hydroxyl groups excluding tert-OH is 1. The topological polar surface area (TPSA) is 86.2 Å². The van der Waals surface area contributed by atoms with Gasteiger partial charge in [-0.3, -0.25) is 0 Å². The van der Waals surface area contributed by atoms with E-state index in [4.69, 9.17) is 18.9 Å². The van der Waals surface area contributed by atoms with E-state index in [2.05, 4.69) is 29.6 Å². The molecule has 6 rings (SSSR count). The van der Waals surface area contributed by atoms with Crippen molar-refractivity contribution in [2.75, 3.05) is 34.0 Å². The van der Waals surface area contributed by atoms with Gasteiger partial charge in [-0.2, -0.15) is 0 Å². The average molecular weight is 658 g/mol. The van der Waals surface area contributed by atoms with E-state index < -0.39 is 17.8 Å². The van der Waals surface area contributed by atoms with E-state index in [1.54, 1.807) is 14.2 Å². The predicted molar refractivity (Wildman–Crippen MR) is 191 cm³/mol. The molecule has 0 fully saturated rings.